The average Bonchev–Trinajstić information content (AvgIpc) is 3.55. The van der Waals surface area contributed by atoms with Crippen LogP contribution in [0.4, 0.5) is 21.0 Å². The molecule has 0 saturated heterocycles. The van der Waals surface area contributed by atoms with Crippen LogP contribution >= 0.6 is 44.8 Å². The zero-order chi connectivity index (χ0) is 39.4. The lowest BCUT2D eigenvalue weighted by atomic mass is 9.95. The molecule has 9 rings (SSSR count). The first kappa shape index (κ1) is 38.4. The van der Waals surface area contributed by atoms with Crippen LogP contribution in [0.15, 0.2) is 220 Å². The van der Waals surface area contributed by atoms with Crippen LogP contribution in [0.5, 0.6) is 0 Å². The molecule has 0 aromatic heterocycles. The van der Waals surface area contributed by atoms with Crippen LogP contribution in [0, 0.1) is 0 Å². The molecule has 6 aromatic carbocycles. The molecular formula is C40H31F5N6P6. The predicted octanol–water partition coefficient (Wildman–Crippen LogP) is 15.9. The number of rotatable bonds is 7. The Balaban J connectivity index is 1.53. The van der Waals surface area contributed by atoms with E-state index in [0.29, 0.717) is 27.3 Å². The summed E-state index contributed by atoms with van der Waals surface area (Å²) in [6.45, 7) is 0. The Kier molecular flexibility index (Phi) is 9.81. The molecule has 3 heterocycles. The van der Waals surface area contributed by atoms with Gasteiger partial charge in [-0.05, 0) is 22.5 Å². The molecule has 6 aromatic rings. The minimum atomic E-state index is -5.86. The molecule has 286 valence electrons. The molecule has 0 fully saturated rings. The van der Waals surface area contributed by atoms with E-state index in [4.69, 9.17) is 9.03 Å². The lowest BCUT2D eigenvalue weighted by Gasteiger charge is -2.34. The van der Waals surface area contributed by atoms with E-state index in [2.05, 4.69) is 18.1 Å². The molecular weight excluding hydrogens is 845 g/mol. The van der Waals surface area contributed by atoms with Crippen LogP contribution in [-0.2, 0) is 0 Å². The Labute approximate surface area is 327 Å². The summed E-state index contributed by atoms with van der Waals surface area (Å²) in [6, 6.07) is 51.2. The number of hydrogen-bond acceptors (Lipinski definition) is 6. The van der Waals surface area contributed by atoms with E-state index < -0.39 is 49.8 Å². The van der Waals surface area contributed by atoms with E-state index in [0.717, 1.165) is 0 Å². The number of hydrogen-bond donors (Lipinski definition) is 0. The van der Waals surface area contributed by atoms with Crippen molar-refractivity contribution in [2.45, 2.75) is 0 Å². The summed E-state index contributed by atoms with van der Waals surface area (Å²) >= 11 is 0. The predicted molar refractivity (Wildman–Crippen MR) is 234 cm³/mol. The molecule has 1 spiro atoms. The van der Waals surface area contributed by atoms with Crippen molar-refractivity contribution in [3.63, 3.8) is 0 Å². The van der Waals surface area contributed by atoms with Crippen molar-refractivity contribution in [3.8, 4) is 0 Å². The summed E-state index contributed by atoms with van der Waals surface area (Å²) < 4.78 is 114. The molecule has 0 radical (unpaired) electrons. The Morgan fingerprint density at radius 2 is 0.702 bits per heavy atom. The lowest BCUT2D eigenvalue weighted by molar-refractivity contribution is 0.724. The fourth-order valence-electron chi connectivity index (χ4n) is 7.22. The summed E-state index contributed by atoms with van der Waals surface area (Å²) in [5.74, 6) is 1.52. The Morgan fingerprint density at radius 3 is 1.14 bits per heavy atom. The van der Waals surface area contributed by atoms with Crippen molar-refractivity contribution >= 4 is 77.1 Å². The first-order chi connectivity index (χ1) is 27.5. The highest BCUT2D eigenvalue weighted by Crippen LogP contribution is 2.94. The normalized spacial score (nSPS) is 23.7. The molecule has 6 nitrogen and oxygen atoms in total. The first-order valence-electron chi connectivity index (χ1n) is 17.6. The van der Waals surface area contributed by atoms with E-state index >= 15 is 21.0 Å². The van der Waals surface area contributed by atoms with Crippen LogP contribution in [0.2, 0.25) is 0 Å². The maximum atomic E-state index is 19.5. The highest BCUT2D eigenvalue weighted by Gasteiger charge is 2.53. The van der Waals surface area contributed by atoms with Crippen molar-refractivity contribution in [2.75, 3.05) is 0 Å². The minimum absolute atomic E-state index is 0.133. The van der Waals surface area contributed by atoms with Gasteiger partial charge in [0.05, 0.1) is 5.06 Å². The summed E-state index contributed by atoms with van der Waals surface area (Å²) in [5, 5.41) is 0.962. The lowest BCUT2D eigenvalue weighted by Crippen LogP contribution is -2.15. The van der Waals surface area contributed by atoms with Crippen molar-refractivity contribution in [3.05, 3.63) is 204 Å². The number of benzene rings is 6. The molecule has 3 aliphatic rings. The van der Waals surface area contributed by atoms with Crippen LogP contribution in [-0.4, -0.2) is 0 Å². The van der Waals surface area contributed by atoms with Gasteiger partial charge < -0.3 is 0 Å². The van der Waals surface area contributed by atoms with Gasteiger partial charge in [-0.3, -0.25) is 0 Å². The van der Waals surface area contributed by atoms with Gasteiger partial charge in [0.15, 0.2) is 0 Å². The van der Waals surface area contributed by atoms with E-state index in [1.54, 1.807) is 182 Å². The minimum Gasteiger partial charge on any atom is -0.223 e. The Bertz CT molecular complexity index is 2870. The van der Waals surface area contributed by atoms with Gasteiger partial charge in [-0.1, -0.05) is 182 Å². The number of allylic oxidation sites excluding steroid dienone is 2. The zero-order valence-electron chi connectivity index (χ0n) is 29.7. The third-order valence-electron chi connectivity index (χ3n) is 9.45. The quantitative estimate of drug-likeness (QED) is 0.113. The van der Waals surface area contributed by atoms with Crippen molar-refractivity contribution in [1.82, 2.24) is 0 Å². The van der Waals surface area contributed by atoms with Crippen molar-refractivity contribution in [2.24, 2.45) is 27.1 Å². The van der Waals surface area contributed by atoms with Crippen molar-refractivity contribution in [1.29, 1.82) is 0 Å². The highest BCUT2D eigenvalue weighted by atomic mass is 31.3. The fourth-order valence-corrected chi connectivity index (χ4v) is 30.9. The van der Waals surface area contributed by atoms with Gasteiger partial charge >= 0.3 is 15.7 Å². The molecule has 57 heavy (non-hydrogen) atoms. The maximum absolute atomic E-state index is 19.5. The second-order valence-corrected chi connectivity index (χ2v) is 27.6. The van der Waals surface area contributed by atoms with E-state index in [-0.39, 0.29) is 16.2 Å². The molecule has 0 aliphatic carbocycles. The molecule has 2 atom stereocenters. The molecule has 0 saturated carbocycles. The summed E-state index contributed by atoms with van der Waals surface area (Å²) in [4.78, 5) is 0. The SMILES string of the molecule is FP1(F)=NP2(=NP(c3ccccc3)(c3ccccc3)=N1)C=C(c1ccccc1)C(c1ccccc1)=C2P1(F)=NP(F)(F)=NP(c2ccccc2)(c2ccccc2)=N1. The average molecular weight is 877 g/mol. The van der Waals surface area contributed by atoms with Gasteiger partial charge in [-0.2, -0.15) is 26.8 Å². The van der Waals surface area contributed by atoms with Gasteiger partial charge in [-0.25, -0.2) is 4.52 Å². The van der Waals surface area contributed by atoms with Crippen LogP contribution in [0.1, 0.15) is 11.1 Å². The van der Waals surface area contributed by atoms with Crippen molar-refractivity contribution < 1.29 is 21.0 Å². The third kappa shape index (κ3) is 6.87. The maximum Gasteiger partial charge on any atom is 0.420 e. The van der Waals surface area contributed by atoms with Gasteiger partial charge in [-0.15, -0.1) is 16.8 Å². The summed E-state index contributed by atoms with van der Waals surface area (Å²) in [6.07, 6.45) is 0. The van der Waals surface area contributed by atoms with E-state index in [1.807, 2.05) is 0 Å². The van der Waals surface area contributed by atoms with Gasteiger partial charge in [0, 0.05) is 26.8 Å². The Hall–Kier alpha value is -4.17. The second-order valence-electron chi connectivity index (χ2n) is 13.1. The smallest absolute Gasteiger partial charge is 0.223 e. The van der Waals surface area contributed by atoms with Gasteiger partial charge in [0.25, 0.3) is 7.52 Å². The van der Waals surface area contributed by atoms with Crippen LogP contribution in [0.25, 0.3) is 11.1 Å². The largest absolute Gasteiger partial charge is 0.420 e. The topological polar surface area (TPSA) is 74.2 Å². The molecule has 2 unspecified atom stereocenters. The number of halogens is 5. The number of nitrogens with zero attached hydrogens (tertiary/aromatic N) is 6. The second kappa shape index (κ2) is 14.6. The Morgan fingerprint density at radius 1 is 0.333 bits per heavy atom. The monoisotopic (exact) mass is 876 g/mol. The van der Waals surface area contributed by atoms with Gasteiger partial charge in [0.1, 0.15) is 21.6 Å². The highest BCUT2D eigenvalue weighted by molar-refractivity contribution is 8.01. The van der Waals surface area contributed by atoms with Gasteiger partial charge in [0.2, 0.25) is 0 Å². The van der Waals surface area contributed by atoms with Crippen LogP contribution in [0.3, 0.4) is 0 Å². The summed E-state index contributed by atoms with van der Waals surface area (Å²) in [7, 11) is -29.3. The fraction of sp³-hybridized carbons (Fsp3) is 0. The molecule has 3 aliphatic heterocycles. The first-order valence-corrected chi connectivity index (χ1v) is 27.3. The molecule has 17 heteroatoms. The molecule has 0 bridgehead atoms. The molecule has 0 amide bonds. The zero-order valence-corrected chi connectivity index (χ0v) is 35.0. The van der Waals surface area contributed by atoms with Crippen LogP contribution < -0.4 is 21.2 Å². The standard InChI is InChI=1S/C40H31F5N6P6/c41-55(48-54(50-57(44,45)51-55,36-27-15-5-16-28-36)37-29-17-6-18-30-37)40-39(33-21-9-2-10-22-33)38(32-19-7-1-8-20-32)31-52(40)46-53(49-56(42,43)47-52,34-23-11-3-12-24-34)35-25-13-4-14-26-35/h1-31H. The van der Waals surface area contributed by atoms with E-state index in [9.17, 15) is 0 Å². The van der Waals surface area contributed by atoms with E-state index in [1.165, 1.54) is 5.82 Å². The third-order valence-corrected chi connectivity index (χ3v) is 29.1. The molecule has 0 N–H and O–H groups in total. The summed E-state index contributed by atoms with van der Waals surface area (Å²) in [5.41, 5.74) is 1.43.